The Bertz CT molecular complexity index is 648. The molecule has 0 aliphatic heterocycles. The van der Waals surface area contributed by atoms with Crippen LogP contribution in [0, 0.1) is 0 Å². The van der Waals surface area contributed by atoms with Gasteiger partial charge in [0.15, 0.2) is 5.84 Å². The highest BCUT2D eigenvalue weighted by Gasteiger charge is 2.19. The summed E-state index contributed by atoms with van der Waals surface area (Å²) < 4.78 is 6.09. The van der Waals surface area contributed by atoms with Gasteiger partial charge in [-0.1, -0.05) is 36.3 Å². The minimum Gasteiger partial charge on any atom is -0.487 e. The molecule has 0 amide bonds. The van der Waals surface area contributed by atoms with Crippen molar-refractivity contribution in [3.05, 3.63) is 42.0 Å². The van der Waals surface area contributed by atoms with Gasteiger partial charge in [-0.05, 0) is 37.8 Å². The Morgan fingerprint density at radius 2 is 1.85 bits per heavy atom. The minimum absolute atomic E-state index is 0.0995. The molecule has 0 atom stereocenters. The smallest absolute Gasteiger partial charge is 0.170 e. The van der Waals surface area contributed by atoms with Crippen LogP contribution in [0.1, 0.15) is 32.8 Å². The van der Waals surface area contributed by atoms with E-state index in [1.807, 2.05) is 36.4 Å². The van der Waals surface area contributed by atoms with Crippen LogP contribution in [0.2, 0.25) is 0 Å². The number of hydrogen-bond donors (Lipinski definition) is 2. The molecule has 4 nitrogen and oxygen atoms in total. The van der Waals surface area contributed by atoms with Crippen LogP contribution in [0.4, 0.5) is 0 Å². The standard InChI is InChI=1S/C16H20N2O2/c1-4-16(2,3)20-14-10-9-13(15(17)18-19)11-7-5-6-8-12(11)14/h5-10,19H,4H2,1-3H3,(H2,17,18). The number of hydrogen-bond acceptors (Lipinski definition) is 3. The van der Waals surface area contributed by atoms with Gasteiger partial charge < -0.3 is 15.7 Å². The number of oxime groups is 1. The molecule has 0 bridgehead atoms. The van der Waals surface area contributed by atoms with Crippen molar-refractivity contribution in [1.82, 2.24) is 0 Å². The third-order valence-corrected chi connectivity index (χ3v) is 3.51. The molecular weight excluding hydrogens is 252 g/mol. The normalized spacial score (nSPS) is 12.7. The number of rotatable bonds is 4. The van der Waals surface area contributed by atoms with E-state index in [1.54, 1.807) is 0 Å². The molecule has 2 aromatic rings. The second-order valence-corrected chi connectivity index (χ2v) is 5.36. The predicted molar refractivity (Wildman–Crippen MR) is 81.5 cm³/mol. The Kier molecular flexibility index (Phi) is 3.84. The van der Waals surface area contributed by atoms with Crippen LogP contribution in [0.25, 0.3) is 10.8 Å². The summed E-state index contributed by atoms with van der Waals surface area (Å²) in [4.78, 5) is 0. The van der Waals surface area contributed by atoms with Gasteiger partial charge in [0.1, 0.15) is 11.4 Å². The van der Waals surface area contributed by atoms with E-state index in [4.69, 9.17) is 15.7 Å². The SMILES string of the molecule is CCC(C)(C)Oc1ccc(/C(N)=N/O)c2ccccc12. The summed E-state index contributed by atoms with van der Waals surface area (Å²) in [5.74, 6) is 0.907. The third kappa shape index (κ3) is 2.69. The van der Waals surface area contributed by atoms with Gasteiger partial charge in [-0.15, -0.1) is 0 Å². The Morgan fingerprint density at radius 3 is 2.45 bits per heavy atom. The lowest BCUT2D eigenvalue weighted by Crippen LogP contribution is -2.27. The fourth-order valence-corrected chi connectivity index (χ4v) is 2.01. The molecule has 2 aromatic carbocycles. The zero-order valence-corrected chi connectivity index (χ0v) is 12.1. The first kappa shape index (κ1) is 14.2. The quantitative estimate of drug-likeness (QED) is 0.387. The van der Waals surface area contributed by atoms with Crippen LogP contribution in [0.3, 0.4) is 0 Å². The van der Waals surface area contributed by atoms with E-state index in [1.165, 1.54) is 0 Å². The van der Waals surface area contributed by atoms with E-state index < -0.39 is 0 Å². The number of benzene rings is 2. The second-order valence-electron chi connectivity index (χ2n) is 5.36. The van der Waals surface area contributed by atoms with Crippen molar-refractivity contribution in [1.29, 1.82) is 0 Å². The maximum absolute atomic E-state index is 8.87. The van der Waals surface area contributed by atoms with Crippen molar-refractivity contribution in [2.75, 3.05) is 0 Å². The molecule has 0 radical (unpaired) electrons. The predicted octanol–water partition coefficient (Wildman–Crippen LogP) is 3.50. The first-order chi connectivity index (χ1) is 9.48. The minimum atomic E-state index is -0.235. The fourth-order valence-electron chi connectivity index (χ4n) is 2.01. The summed E-state index contributed by atoms with van der Waals surface area (Å²) in [6.07, 6.45) is 0.906. The van der Waals surface area contributed by atoms with Gasteiger partial charge >= 0.3 is 0 Å². The van der Waals surface area contributed by atoms with Crippen LogP contribution in [0.15, 0.2) is 41.6 Å². The fraction of sp³-hybridized carbons (Fsp3) is 0.312. The van der Waals surface area contributed by atoms with Crippen molar-refractivity contribution in [3.63, 3.8) is 0 Å². The van der Waals surface area contributed by atoms with Crippen molar-refractivity contribution < 1.29 is 9.94 Å². The highest BCUT2D eigenvalue weighted by molar-refractivity contribution is 6.10. The molecule has 106 valence electrons. The largest absolute Gasteiger partial charge is 0.487 e. The molecule has 0 fully saturated rings. The zero-order valence-electron chi connectivity index (χ0n) is 12.1. The number of nitrogens with zero attached hydrogens (tertiary/aromatic N) is 1. The van der Waals surface area contributed by atoms with Gasteiger partial charge in [0.05, 0.1) is 0 Å². The molecule has 2 rings (SSSR count). The molecule has 0 heterocycles. The van der Waals surface area contributed by atoms with E-state index in [-0.39, 0.29) is 11.4 Å². The van der Waals surface area contributed by atoms with Crippen LogP contribution < -0.4 is 10.5 Å². The number of nitrogens with two attached hydrogens (primary N) is 1. The molecule has 20 heavy (non-hydrogen) atoms. The second kappa shape index (κ2) is 5.41. The summed E-state index contributed by atoms with van der Waals surface area (Å²) >= 11 is 0. The maximum Gasteiger partial charge on any atom is 0.170 e. The molecule has 4 heteroatoms. The van der Waals surface area contributed by atoms with E-state index in [2.05, 4.69) is 25.9 Å². The summed E-state index contributed by atoms with van der Waals surface area (Å²) in [5, 5.41) is 13.8. The van der Waals surface area contributed by atoms with E-state index in [9.17, 15) is 0 Å². The van der Waals surface area contributed by atoms with Gasteiger partial charge in [-0.25, -0.2) is 0 Å². The van der Waals surface area contributed by atoms with Crippen LogP contribution >= 0.6 is 0 Å². The molecule has 0 aliphatic rings. The van der Waals surface area contributed by atoms with Crippen molar-refractivity contribution in [3.8, 4) is 5.75 Å². The van der Waals surface area contributed by atoms with Gasteiger partial charge in [0, 0.05) is 10.9 Å². The van der Waals surface area contributed by atoms with Crippen molar-refractivity contribution in [2.45, 2.75) is 32.8 Å². The van der Waals surface area contributed by atoms with Crippen molar-refractivity contribution >= 4 is 16.6 Å². The first-order valence-corrected chi connectivity index (χ1v) is 6.67. The molecular formula is C16H20N2O2. The van der Waals surface area contributed by atoms with Gasteiger partial charge in [-0.3, -0.25) is 0 Å². The third-order valence-electron chi connectivity index (χ3n) is 3.51. The topological polar surface area (TPSA) is 67.8 Å². The number of fused-ring (bicyclic) bond motifs is 1. The lowest BCUT2D eigenvalue weighted by Gasteiger charge is -2.26. The van der Waals surface area contributed by atoms with Crippen LogP contribution in [0.5, 0.6) is 5.75 Å². The summed E-state index contributed by atoms with van der Waals surface area (Å²) in [6.45, 7) is 6.20. The lowest BCUT2D eigenvalue weighted by molar-refractivity contribution is 0.107. The Morgan fingerprint density at radius 1 is 1.20 bits per heavy atom. The number of ether oxygens (including phenoxy) is 1. The van der Waals surface area contributed by atoms with Crippen LogP contribution in [-0.2, 0) is 0 Å². The molecule has 0 unspecified atom stereocenters. The molecule has 3 N–H and O–H groups in total. The van der Waals surface area contributed by atoms with Gasteiger partial charge in [0.25, 0.3) is 0 Å². The van der Waals surface area contributed by atoms with Crippen molar-refractivity contribution in [2.24, 2.45) is 10.9 Å². The Balaban J connectivity index is 2.60. The van der Waals surface area contributed by atoms with E-state index >= 15 is 0 Å². The van der Waals surface area contributed by atoms with Crippen LogP contribution in [-0.4, -0.2) is 16.6 Å². The Labute approximate surface area is 118 Å². The average molecular weight is 272 g/mol. The highest BCUT2D eigenvalue weighted by atomic mass is 16.5. The molecule has 0 aliphatic carbocycles. The number of amidine groups is 1. The summed E-state index contributed by atoms with van der Waals surface area (Å²) in [6, 6.07) is 11.5. The van der Waals surface area contributed by atoms with E-state index in [0.717, 1.165) is 22.9 Å². The lowest BCUT2D eigenvalue weighted by atomic mass is 10.0. The van der Waals surface area contributed by atoms with Gasteiger partial charge in [-0.2, -0.15) is 0 Å². The molecule has 0 saturated carbocycles. The first-order valence-electron chi connectivity index (χ1n) is 6.67. The molecule has 0 spiro atoms. The average Bonchev–Trinajstić information content (AvgIpc) is 2.46. The van der Waals surface area contributed by atoms with Gasteiger partial charge in [0.2, 0.25) is 0 Å². The zero-order chi connectivity index (χ0) is 14.8. The van der Waals surface area contributed by atoms with E-state index in [0.29, 0.717) is 5.56 Å². The summed E-state index contributed by atoms with van der Waals surface area (Å²) in [5.41, 5.74) is 6.19. The monoisotopic (exact) mass is 272 g/mol. The summed E-state index contributed by atoms with van der Waals surface area (Å²) in [7, 11) is 0. The maximum atomic E-state index is 8.87. The molecule has 0 aromatic heterocycles. The highest BCUT2D eigenvalue weighted by Crippen LogP contribution is 2.31. The molecule has 0 saturated heterocycles. The Hall–Kier alpha value is -2.23.